The molecule has 0 nitrogen and oxygen atoms in total. The number of rotatable bonds is 16. The van der Waals surface area contributed by atoms with Gasteiger partial charge in [0, 0.05) is 6.42 Å². The van der Waals surface area contributed by atoms with Gasteiger partial charge in [-0.15, -0.1) is 11.5 Å². The average molecular weight is 461 g/mol. The highest BCUT2D eigenvalue weighted by Crippen LogP contribution is 2.40. The van der Waals surface area contributed by atoms with Crippen LogP contribution >= 0.6 is 0 Å². The van der Waals surface area contributed by atoms with Crippen molar-refractivity contribution in [3.8, 4) is 11.5 Å². The number of hydrogen-bond acceptors (Lipinski definition) is 0. The summed E-state index contributed by atoms with van der Waals surface area (Å²) in [5.74, 6) is 6.25. The van der Waals surface area contributed by atoms with Crippen molar-refractivity contribution in [2.45, 2.75) is 157 Å². The maximum absolute atomic E-state index is 3.86. The summed E-state index contributed by atoms with van der Waals surface area (Å²) in [5.41, 5.74) is 7.57. The first-order valence-corrected chi connectivity index (χ1v) is 16.3. The van der Waals surface area contributed by atoms with Crippen LogP contribution in [0.2, 0.25) is 16.6 Å². The Kier molecular flexibility index (Phi) is 16.8. The maximum Gasteiger partial charge on any atom is 0.145 e. The van der Waals surface area contributed by atoms with Crippen LogP contribution in [0.5, 0.6) is 0 Å². The minimum atomic E-state index is -1.56. The molecule has 32 heavy (non-hydrogen) atoms. The summed E-state index contributed by atoms with van der Waals surface area (Å²) in [7, 11) is -1.56. The molecule has 0 aliphatic rings. The highest BCUT2D eigenvalue weighted by Gasteiger charge is 2.41. The van der Waals surface area contributed by atoms with Crippen LogP contribution in [0, 0.1) is 29.2 Å². The lowest BCUT2D eigenvalue weighted by Crippen LogP contribution is -2.43. The van der Waals surface area contributed by atoms with Crippen LogP contribution in [0.15, 0.2) is 11.6 Å². The van der Waals surface area contributed by atoms with E-state index in [0.29, 0.717) is 0 Å². The van der Waals surface area contributed by atoms with Crippen molar-refractivity contribution < 1.29 is 0 Å². The van der Waals surface area contributed by atoms with Crippen molar-refractivity contribution in [1.82, 2.24) is 0 Å². The first kappa shape index (κ1) is 31.5. The number of hydrogen-bond donors (Lipinski definition) is 0. The van der Waals surface area contributed by atoms with E-state index < -0.39 is 8.07 Å². The Hall–Kier alpha value is -0.483. The van der Waals surface area contributed by atoms with Gasteiger partial charge in [-0.25, -0.2) is 0 Å². The molecule has 0 aromatic rings. The van der Waals surface area contributed by atoms with Gasteiger partial charge < -0.3 is 0 Å². The second-order valence-electron chi connectivity index (χ2n) is 12.3. The maximum atomic E-state index is 3.86. The summed E-state index contributed by atoms with van der Waals surface area (Å²) in [5, 5.41) is 0. The second kappa shape index (κ2) is 17.0. The minimum absolute atomic E-state index is 0.726. The highest BCUT2D eigenvalue weighted by atomic mass is 28.3. The van der Waals surface area contributed by atoms with Gasteiger partial charge in [0.05, 0.1) is 0 Å². The Labute approximate surface area is 205 Å². The molecule has 0 amide bonds. The van der Waals surface area contributed by atoms with Crippen LogP contribution in [0.3, 0.4) is 0 Å². The zero-order valence-electron chi connectivity index (χ0n) is 24.1. The minimum Gasteiger partial charge on any atom is -0.130 e. The third kappa shape index (κ3) is 12.7. The van der Waals surface area contributed by atoms with Crippen LogP contribution in [0.25, 0.3) is 0 Å². The molecule has 188 valence electrons. The van der Waals surface area contributed by atoms with E-state index in [1.807, 2.05) is 0 Å². The Bertz CT molecular complexity index is 533. The fourth-order valence-electron chi connectivity index (χ4n) is 5.67. The molecule has 0 rings (SSSR count). The first-order chi connectivity index (χ1) is 14.9. The lowest BCUT2D eigenvalue weighted by molar-refractivity contribution is 0.389. The summed E-state index contributed by atoms with van der Waals surface area (Å²) >= 11 is 0. The van der Waals surface area contributed by atoms with Crippen LogP contribution in [-0.4, -0.2) is 8.07 Å². The van der Waals surface area contributed by atoms with Gasteiger partial charge in [0.2, 0.25) is 0 Å². The molecule has 0 saturated heterocycles. The molecule has 1 heteroatoms. The molecule has 0 spiro atoms. The third-order valence-electron chi connectivity index (χ3n) is 7.86. The van der Waals surface area contributed by atoms with E-state index in [9.17, 15) is 0 Å². The largest absolute Gasteiger partial charge is 0.145 e. The topological polar surface area (TPSA) is 0 Å². The lowest BCUT2D eigenvalue weighted by Gasteiger charge is -2.38. The molecule has 2 unspecified atom stereocenters. The van der Waals surface area contributed by atoms with Gasteiger partial charge in [0.15, 0.2) is 0 Å². The van der Waals surface area contributed by atoms with E-state index in [4.69, 9.17) is 0 Å². The summed E-state index contributed by atoms with van der Waals surface area (Å²) in [4.78, 5) is 0. The molecule has 0 bridgehead atoms. The fourth-order valence-corrected chi connectivity index (χ4v) is 10.9. The quantitative estimate of drug-likeness (QED) is 0.122. The van der Waals surface area contributed by atoms with Crippen molar-refractivity contribution in [3.05, 3.63) is 11.6 Å². The van der Waals surface area contributed by atoms with Gasteiger partial charge >= 0.3 is 0 Å². The molecule has 0 aliphatic heterocycles. The van der Waals surface area contributed by atoms with Crippen LogP contribution in [0.4, 0.5) is 0 Å². The molecule has 0 N–H and O–H groups in total. The van der Waals surface area contributed by atoms with Crippen LogP contribution in [-0.2, 0) is 0 Å². The molecule has 0 aromatic heterocycles. The molecular weight excluding hydrogens is 400 g/mol. The lowest BCUT2D eigenvalue weighted by atomic mass is 9.91. The van der Waals surface area contributed by atoms with Crippen molar-refractivity contribution >= 4 is 8.07 Å². The molecular formula is C31H60Si. The van der Waals surface area contributed by atoms with E-state index in [-0.39, 0.29) is 0 Å². The van der Waals surface area contributed by atoms with E-state index in [2.05, 4.69) is 93.7 Å². The monoisotopic (exact) mass is 460 g/mol. The Balaban J connectivity index is 4.26. The predicted octanol–water partition coefficient (Wildman–Crippen LogP) is 11.0. The summed E-state index contributed by atoms with van der Waals surface area (Å²) < 4.78 is 0. The van der Waals surface area contributed by atoms with Crippen LogP contribution < -0.4 is 0 Å². The summed E-state index contributed by atoms with van der Waals surface area (Å²) in [6.07, 6.45) is 15.8. The van der Waals surface area contributed by atoms with Crippen molar-refractivity contribution in [3.63, 3.8) is 0 Å². The Morgan fingerprint density at radius 3 is 1.53 bits per heavy atom. The highest BCUT2D eigenvalue weighted by molar-refractivity contribution is 6.90. The van der Waals surface area contributed by atoms with Gasteiger partial charge in [0.1, 0.15) is 8.07 Å². The van der Waals surface area contributed by atoms with Gasteiger partial charge in [-0.1, -0.05) is 126 Å². The molecule has 0 heterocycles. The Morgan fingerprint density at radius 2 is 1.09 bits per heavy atom. The Morgan fingerprint density at radius 1 is 0.656 bits per heavy atom. The molecule has 0 saturated carbocycles. The molecule has 0 aromatic carbocycles. The predicted molar refractivity (Wildman–Crippen MR) is 152 cm³/mol. The van der Waals surface area contributed by atoms with Crippen molar-refractivity contribution in [1.29, 1.82) is 0 Å². The van der Waals surface area contributed by atoms with E-state index in [1.54, 1.807) is 0 Å². The third-order valence-corrected chi connectivity index (χ3v) is 14.2. The van der Waals surface area contributed by atoms with Gasteiger partial charge in [-0.05, 0) is 54.1 Å². The normalized spacial score (nSPS) is 14.9. The molecule has 0 fully saturated rings. The van der Waals surface area contributed by atoms with E-state index in [1.165, 1.54) is 63.4 Å². The zero-order valence-corrected chi connectivity index (χ0v) is 25.1. The van der Waals surface area contributed by atoms with Gasteiger partial charge in [0.25, 0.3) is 0 Å². The molecule has 0 radical (unpaired) electrons. The average Bonchev–Trinajstić information content (AvgIpc) is 2.66. The SMILES string of the molecule is CC(=CCC#C[Si](C(C)C)(C(C)C)C(C)C)CCCC(C)CCCC(C)CCCC(C)C. The van der Waals surface area contributed by atoms with Crippen molar-refractivity contribution in [2.75, 3.05) is 0 Å². The van der Waals surface area contributed by atoms with Gasteiger partial charge in [-0.3, -0.25) is 0 Å². The first-order valence-electron chi connectivity index (χ1n) is 14.1. The summed E-state index contributed by atoms with van der Waals surface area (Å²) in [6.45, 7) is 26.3. The van der Waals surface area contributed by atoms with E-state index in [0.717, 1.165) is 40.8 Å². The van der Waals surface area contributed by atoms with Gasteiger partial charge in [-0.2, -0.15) is 0 Å². The summed E-state index contributed by atoms with van der Waals surface area (Å²) in [6, 6.07) is 0. The zero-order chi connectivity index (χ0) is 24.7. The smallest absolute Gasteiger partial charge is 0.130 e. The molecule has 2 atom stereocenters. The standard InChI is InChI=1S/C31H60Si/c1-25(2)17-14-19-30(10)21-16-23-31(11)22-15-20-29(9)18-12-13-24-32(26(3)4,27(5)6)28(7)8/h18,25-28,30-31H,12,14-17,19-23H2,1-11H3. The van der Waals surface area contributed by atoms with Crippen LogP contribution in [0.1, 0.15) is 140 Å². The van der Waals surface area contributed by atoms with E-state index >= 15 is 0 Å². The fraction of sp³-hybridized carbons (Fsp3) is 0.871. The second-order valence-corrected chi connectivity index (χ2v) is 17.9. The number of allylic oxidation sites excluding steroid dienone is 2. The molecule has 0 aliphatic carbocycles. The van der Waals surface area contributed by atoms with Crippen molar-refractivity contribution in [2.24, 2.45) is 17.8 Å².